The summed E-state index contributed by atoms with van der Waals surface area (Å²) in [6.45, 7) is 15.0. The number of carbonyl (C=O) groups excluding carboxylic acids is 3. The van der Waals surface area contributed by atoms with Crippen molar-refractivity contribution in [1.82, 2.24) is 0 Å². The molecular formula is C34H54O8. The molecule has 8 nitrogen and oxygen atoms in total. The van der Waals surface area contributed by atoms with Crippen molar-refractivity contribution in [3.63, 3.8) is 0 Å². The first-order valence-electron chi connectivity index (χ1n) is 16.4. The number of fused-ring (bicyclic) bond motifs is 4. The molecule has 4 aliphatic carbocycles. The second-order valence-electron chi connectivity index (χ2n) is 15.6. The summed E-state index contributed by atoms with van der Waals surface area (Å²) in [5.41, 5.74) is -0.977. The molecule has 0 radical (unpaired) electrons. The van der Waals surface area contributed by atoms with E-state index < -0.39 is 5.60 Å². The van der Waals surface area contributed by atoms with Crippen LogP contribution in [0.5, 0.6) is 0 Å². The highest BCUT2D eigenvalue weighted by Gasteiger charge is 2.76. The smallest absolute Gasteiger partial charge is 0.302 e. The number of carbonyl (C=O) groups is 3. The molecule has 5 aliphatic rings. The Labute approximate surface area is 251 Å². The Hall–Kier alpha value is -1.67. The maximum Gasteiger partial charge on any atom is 0.302 e. The standard InChI is InChI=1S/C34H54O8/c1-19(29(41-22(4)37)15-23(31(5,6)38)18-39-20(2)35)26-9-10-27-25-16-30-34(42-30)17-24(40-21(3)36)11-14-33(34,8)28(25)12-13-32(26,27)7/h19,23-30,38H,9-18H2,1-8H3. The lowest BCUT2D eigenvalue weighted by atomic mass is 9.44. The molecule has 42 heavy (non-hydrogen) atoms. The molecule has 1 N–H and O–H groups in total. The van der Waals surface area contributed by atoms with E-state index in [2.05, 4.69) is 20.8 Å². The number of rotatable bonds is 9. The zero-order chi connectivity index (χ0) is 30.8. The van der Waals surface area contributed by atoms with E-state index in [0.29, 0.717) is 30.1 Å². The van der Waals surface area contributed by atoms with Crippen molar-refractivity contribution in [1.29, 1.82) is 0 Å². The first-order valence-corrected chi connectivity index (χ1v) is 16.4. The molecule has 1 aliphatic heterocycles. The second-order valence-corrected chi connectivity index (χ2v) is 15.6. The number of epoxide rings is 1. The molecule has 1 heterocycles. The average molecular weight is 591 g/mol. The first kappa shape index (κ1) is 31.7. The van der Waals surface area contributed by atoms with Crippen LogP contribution in [-0.4, -0.2) is 59.1 Å². The van der Waals surface area contributed by atoms with Gasteiger partial charge in [-0.25, -0.2) is 0 Å². The van der Waals surface area contributed by atoms with Gasteiger partial charge in [-0.3, -0.25) is 14.4 Å². The number of hydrogen-bond donors (Lipinski definition) is 1. The van der Waals surface area contributed by atoms with Gasteiger partial charge in [0.05, 0.1) is 18.3 Å². The molecular weight excluding hydrogens is 536 g/mol. The highest BCUT2D eigenvalue weighted by atomic mass is 16.6. The molecule has 0 aromatic rings. The van der Waals surface area contributed by atoms with Crippen molar-refractivity contribution in [3.8, 4) is 0 Å². The van der Waals surface area contributed by atoms with E-state index in [1.807, 2.05) is 0 Å². The van der Waals surface area contributed by atoms with E-state index >= 15 is 0 Å². The van der Waals surface area contributed by atoms with Gasteiger partial charge in [-0.05, 0) is 100 Å². The summed E-state index contributed by atoms with van der Waals surface area (Å²) in [4.78, 5) is 35.6. The van der Waals surface area contributed by atoms with Crippen LogP contribution in [0.4, 0.5) is 0 Å². The van der Waals surface area contributed by atoms with Crippen LogP contribution in [0.3, 0.4) is 0 Å². The zero-order valence-electron chi connectivity index (χ0n) is 27.1. The van der Waals surface area contributed by atoms with Crippen molar-refractivity contribution in [2.75, 3.05) is 6.61 Å². The quantitative estimate of drug-likeness (QED) is 0.209. The third kappa shape index (κ3) is 5.41. The van der Waals surface area contributed by atoms with Gasteiger partial charge in [0.1, 0.15) is 17.8 Å². The van der Waals surface area contributed by atoms with Gasteiger partial charge in [0.2, 0.25) is 0 Å². The molecule has 0 bridgehead atoms. The summed E-state index contributed by atoms with van der Waals surface area (Å²) in [6.07, 6.45) is 8.77. The molecule has 8 heteroatoms. The lowest BCUT2D eigenvalue weighted by molar-refractivity contribution is -0.161. The Morgan fingerprint density at radius 3 is 2.31 bits per heavy atom. The Morgan fingerprint density at radius 2 is 1.69 bits per heavy atom. The van der Waals surface area contributed by atoms with Crippen LogP contribution in [-0.2, 0) is 33.3 Å². The molecule has 12 atom stereocenters. The lowest BCUT2D eigenvalue weighted by Gasteiger charge is -2.59. The van der Waals surface area contributed by atoms with Crippen molar-refractivity contribution in [2.24, 2.45) is 46.3 Å². The highest BCUT2D eigenvalue weighted by molar-refractivity contribution is 5.66. The normalized spacial score (nSPS) is 42.5. The van der Waals surface area contributed by atoms with Gasteiger partial charge in [0.25, 0.3) is 0 Å². The summed E-state index contributed by atoms with van der Waals surface area (Å²) >= 11 is 0. The molecule has 0 amide bonds. The summed E-state index contributed by atoms with van der Waals surface area (Å²) in [5, 5.41) is 10.9. The first-order chi connectivity index (χ1) is 19.5. The lowest BCUT2D eigenvalue weighted by Crippen LogP contribution is -2.59. The molecule has 12 unspecified atom stereocenters. The van der Waals surface area contributed by atoms with E-state index in [-0.39, 0.29) is 71.1 Å². The minimum absolute atomic E-state index is 0.0329. The maximum absolute atomic E-state index is 12.3. The number of hydrogen-bond acceptors (Lipinski definition) is 8. The summed E-state index contributed by atoms with van der Waals surface area (Å²) in [6, 6.07) is 0. The van der Waals surface area contributed by atoms with E-state index in [9.17, 15) is 19.5 Å². The zero-order valence-corrected chi connectivity index (χ0v) is 27.1. The van der Waals surface area contributed by atoms with Crippen molar-refractivity contribution in [3.05, 3.63) is 0 Å². The van der Waals surface area contributed by atoms with Crippen LogP contribution in [0.15, 0.2) is 0 Å². The minimum Gasteiger partial charge on any atom is -0.465 e. The van der Waals surface area contributed by atoms with Gasteiger partial charge < -0.3 is 24.1 Å². The third-order valence-electron chi connectivity index (χ3n) is 13.0. The molecule has 5 fully saturated rings. The predicted octanol–water partition coefficient (Wildman–Crippen LogP) is 5.62. The summed E-state index contributed by atoms with van der Waals surface area (Å²) in [7, 11) is 0. The van der Waals surface area contributed by atoms with E-state index in [1.165, 1.54) is 33.6 Å². The Morgan fingerprint density at radius 1 is 0.976 bits per heavy atom. The average Bonchev–Trinajstić information content (AvgIpc) is 3.45. The largest absolute Gasteiger partial charge is 0.465 e. The number of aliphatic hydroxyl groups is 1. The SMILES string of the molecule is CC(=O)OCC(CC(OC(C)=O)C(C)C1CCC2C3CC4OC45CC(OC(C)=O)CCC5(C)C3CCC12C)C(C)(C)O. The monoisotopic (exact) mass is 590 g/mol. The Balaban J connectivity index is 1.34. The Kier molecular flexibility index (Phi) is 8.35. The van der Waals surface area contributed by atoms with Crippen molar-refractivity contribution < 1.29 is 38.4 Å². The fourth-order valence-corrected chi connectivity index (χ4v) is 10.8. The van der Waals surface area contributed by atoms with Crippen LogP contribution < -0.4 is 0 Å². The van der Waals surface area contributed by atoms with E-state index in [0.717, 1.165) is 38.5 Å². The third-order valence-corrected chi connectivity index (χ3v) is 13.0. The highest BCUT2D eigenvalue weighted by Crippen LogP contribution is 2.74. The van der Waals surface area contributed by atoms with Crippen LogP contribution in [0.1, 0.15) is 113 Å². The molecule has 1 spiro atoms. The molecule has 0 aromatic carbocycles. The molecule has 0 aromatic heterocycles. The maximum atomic E-state index is 12.3. The second kappa shape index (κ2) is 11.0. The van der Waals surface area contributed by atoms with Crippen LogP contribution in [0.2, 0.25) is 0 Å². The van der Waals surface area contributed by atoms with Crippen LogP contribution in [0, 0.1) is 46.3 Å². The van der Waals surface area contributed by atoms with Gasteiger partial charge in [-0.1, -0.05) is 20.8 Å². The molecule has 238 valence electrons. The van der Waals surface area contributed by atoms with Crippen molar-refractivity contribution >= 4 is 17.9 Å². The van der Waals surface area contributed by atoms with Crippen LogP contribution in [0.25, 0.3) is 0 Å². The molecule has 1 saturated heterocycles. The van der Waals surface area contributed by atoms with Gasteiger partial charge in [-0.2, -0.15) is 0 Å². The van der Waals surface area contributed by atoms with Gasteiger partial charge >= 0.3 is 17.9 Å². The van der Waals surface area contributed by atoms with Gasteiger partial charge in [0.15, 0.2) is 0 Å². The Bertz CT molecular complexity index is 1070. The van der Waals surface area contributed by atoms with E-state index in [4.69, 9.17) is 18.9 Å². The van der Waals surface area contributed by atoms with E-state index in [1.54, 1.807) is 13.8 Å². The van der Waals surface area contributed by atoms with Gasteiger partial charge in [-0.15, -0.1) is 0 Å². The predicted molar refractivity (Wildman–Crippen MR) is 156 cm³/mol. The number of esters is 3. The minimum atomic E-state index is -1.09. The van der Waals surface area contributed by atoms with Crippen LogP contribution >= 0.6 is 0 Å². The fraction of sp³-hybridized carbons (Fsp3) is 0.912. The van der Waals surface area contributed by atoms with Gasteiger partial charge in [0, 0.05) is 38.5 Å². The van der Waals surface area contributed by atoms with Crippen molar-refractivity contribution in [2.45, 2.75) is 143 Å². The molecule has 4 saturated carbocycles. The molecule has 5 rings (SSSR count). The number of ether oxygens (including phenoxy) is 4. The summed E-state index contributed by atoms with van der Waals surface area (Å²) in [5.74, 6) is 1.06. The fourth-order valence-electron chi connectivity index (χ4n) is 10.8. The topological polar surface area (TPSA) is 112 Å². The summed E-state index contributed by atoms with van der Waals surface area (Å²) < 4.78 is 23.6.